The predicted molar refractivity (Wildman–Crippen MR) is 528 cm³/mol. The maximum atomic E-state index is 11.1. The number of oxazole rings is 3. The summed E-state index contributed by atoms with van der Waals surface area (Å²) in [6.07, 6.45) is 7.12. The molecule has 0 fully saturated rings. The third-order valence-corrected chi connectivity index (χ3v) is 24.9. The van der Waals surface area contributed by atoms with Gasteiger partial charge in [-0.1, -0.05) is 206 Å². The average molecular weight is 1910 g/mol. The van der Waals surface area contributed by atoms with Gasteiger partial charge in [0.1, 0.15) is 43.3 Å². The second-order valence-electron chi connectivity index (χ2n) is 29.7. The van der Waals surface area contributed by atoms with Gasteiger partial charge in [0.15, 0.2) is 17.3 Å². The summed E-state index contributed by atoms with van der Waals surface area (Å²) in [7, 11) is 0.502. The predicted octanol–water partition coefficient (Wildman–Crippen LogP) is 24.7. The number of rotatable bonds is 34. The van der Waals surface area contributed by atoms with Gasteiger partial charge in [-0.25, -0.2) is 39.9 Å². The monoisotopic (exact) mass is 1910 g/mol. The highest BCUT2D eigenvalue weighted by molar-refractivity contribution is 7.87. The lowest BCUT2D eigenvalue weighted by Gasteiger charge is -2.16. The van der Waals surface area contributed by atoms with Crippen molar-refractivity contribution in [2.24, 2.45) is 4.99 Å². The van der Waals surface area contributed by atoms with E-state index in [-0.39, 0.29) is 46.9 Å². The van der Waals surface area contributed by atoms with E-state index in [4.69, 9.17) is 59.2 Å². The molecular formula is C99H81N15O15S6. The Kier molecular flexibility index (Phi) is 31.4. The summed E-state index contributed by atoms with van der Waals surface area (Å²) in [6.45, 7) is 0. The number of benzene rings is 11. The van der Waals surface area contributed by atoms with E-state index in [1.807, 2.05) is 220 Å². The van der Waals surface area contributed by atoms with Crippen LogP contribution >= 0.6 is 57.6 Å². The molecule has 0 spiro atoms. The summed E-state index contributed by atoms with van der Waals surface area (Å²) in [5.74, 6) is 3.97. The number of thiazole rings is 4. The van der Waals surface area contributed by atoms with E-state index >= 15 is 0 Å². The second-order valence-corrected chi connectivity index (χ2v) is 34.5. The van der Waals surface area contributed by atoms with Gasteiger partial charge < -0.3 is 43.4 Å². The average Bonchev–Trinajstić information content (AvgIpc) is 1.70. The molecule has 7 heterocycles. The Balaban J connectivity index is 0.000000138. The van der Waals surface area contributed by atoms with E-state index in [0.717, 1.165) is 116 Å². The van der Waals surface area contributed by atoms with Gasteiger partial charge in [0.25, 0.3) is 35.1 Å². The summed E-state index contributed by atoms with van der Waals surface area (Å²) in [5.41, 5.74) is 14.1. The van der Waals surface area contributed by atoms with E-state index in [1.54, 1.807) is 146 Å². The molecule has 0 amide bonds. The Morgan fingerprint density at radius 1 is 0.385 bits per heavy atom. The highest BCUT2D eigenvalue weighted by Crippen LogP contribution is 2.39. The fourth-order valence-corrected chi connectivity index (χ4v) is 17.9. The molecule has 0 unspecified atom stereocenters. The van der Waals surface area contributed by atoms with Gasteiger partial charge in [-0.15, -0.1) is 45.3 Å². The van der Waals surface area contributed by atoms with Crippen LogP contribution in [0.25, 0.3) is 76.3 Å². The Morgan fingerprint density at radius 2 is 0.659 bits per heavy atom. The normalized spacial score (nSPS) is 11.8. The fourth-order valence-electron chi connectivity index (χ4n) is 13.8. The molecule has 0 radical (unpaired) electrons. The van der Waals surface area contributed by atoms with E-state index in [1.165, 1.54) is 36.4 Å². The van der Waals surface area contributed by atoms with Gasteiger partial charge >= 0.3 is 10.3 Å². The van der Waals surface area contributed by atoms with Crippen molar-refractivity contribution in [1.82, 2.24) is 34.9 Å². The summed E-state index contributed by atoms with van der Waals surface area (Å²) in [4.78, 5) is 68.4. The molecule has 0 aliphatic heterocycles. The van der Waals surface area contributed by atoms with Crippen molar-refractivity contribution < 1.29 is 55.2 Å². The van der Waals surface area contributed by atoms with Gasteiger partial charge in [0, 0.05) is 103 Å². The minimum Gasteiger partial charge on any atom is -0.497 e. The van der Waals surface area contributed by atoms with Crippen molar-refractivity contribution in [3.8, 4) is 93.5 Å². The Bertz CT molecular complexity index is 6920. The largest absolute Gasteiger partial charge is 0.497 e. The number of isothiocyanates is 1. The summed E-state index contributed by atoms with van der Waals surface area (Å²) < 4.78 is 67.3. The first-order valence-corrected chi connectivity index (χ1v) is 46.8. The number of non-ortho nitro benzene ring substituents is 3. The van der Waals surface area contributed by atoms with Crippen LogP contribution in [0.4, 0.5) is 40.8 Å². The molecule has 0 bridgehead atoms. The van der Waals surface area contributed by atoms with Crippen LogP contribution in [0.1, 0.15) is 69.2 Å². The number of nitrogens with zero attached hydrogens (tertiary/aromatic N) is 11. The zero-order chi connectivity index (χ0) is 94.0. The summed E-state index contributed by atoms with van der Waals surface area (Å²) in [5, 5.41) is 57.0. The SMILES string of the molecule is COc1cccc(-c2cnc(N[C@@H](Cc3ccc(NS(=O)(=O)O)cc3)c3csc(-c4ccccc4)n3)o2)c1.COc1cccc(-c2cnc(N[C@@H](Cc3ccc([N+](=O)[O-])cc3)c3csc(-c4ccccc4)n3)o2)c1.COc1cccc(-c2cnc(N[C@@H](Cc3ccc([N+](=O)[O-])cc3)c3csc(-c4ccccc4)n3)o2)c1.O=[N+]([O-])c1ccc(C[C@H](N=C=S)c2csc(-c3ccccc3)n2)cc1. The lowest BCUT2D eigenvalue weighted by atomic mass is 10.0. The number of hydrogen-bond donors (Lipinski definition) is 5. The van der Waals surface area contributed by atoms with Crippen molar-refractivity contribution in [2.45, 2.75) is 49.9 Å². The molecule has 18 rings (SSSR count). The smallest absolute Gasteiger partial charge is 0.357 e. The molecule has 0 saturated heterocycles. The topological polar surface area (TPSA) is 402 Å². The Labute approximate surface area is 795 Å². The van der Waals surface area contributed by atoms with Gasteiger partial charge in [-0.05, 0) is 102 Å². The van der Waals surface area contributed by atoms with E-state index in [9.17, 15) is 38.8 Å². The summed E-state index contributed by atoms with van der Waals surface area (Å²) in [6, 6.07) is 88.7. The van der Waals surface area contributed by atoms with Crippen molar-refractivity contribution in [2.75, 3.05) is 42.0 Å². The number of thiocarbonyl (C=S) groups is 1. The first-order valence-electron chi connectivity index (χ1n) is 41.5. The van der Waals surface area contributed by atoms with E-state index in [0.29, 0.717) is 66.8 Å². The third-order valence-electron chi connectivity index (χ3n) is 20.7. The van der Waals surface area contributed by atoms with E-state index < -0.39 is 25.1 Å². The molecule has 135 heavy (non-hydrogen) atoms. The second kappa shape index (κ2) is 45.3. The van der Waals surface area contributed by atoms with Gasteiger partial charge in [0.2, 0.25) is 0 Å². The Hall–Kier alpha value is -15.9. The molecule has 5 N–H and O–H groups in total. The first-order chi connectivity index (χ1) is 65.7. The number of ether oxygens (including phenoxy) is 3. The number of nitro groups is 3. The number of aromatic nitrogens is 7. The van der Waals surface area contributed by atoms with Crippen molar-refractivity contribution in [3.05, 3.63) is 407 Å². The van der Waals surface area contributed by atoms with Gasteiger partial charge in [-0.3, -0.25) is 39.6 Å². The molecule has 36 heteroatoms. The van der Waals surface area contributed by atoms with Crippen LogP contribution in [0.15, 0.2) is 350 Å². The summed E-state index contributed by atoms with van der Waals surface area (Å²) >= 11 is 11.0. The number of methoxy groups -OCH3 is 3. The standard InChI is InChI=1S/C27H24N4O5S2.2C27H22N4O4S.C18H13N3O2S2/c1-35-22-9-5-8-20(15-22)25-16-28-27(36-25)30-23(14-18-10-12-21(13-11-18)31-38(32,33)34)24-17-37-26(29-24)19-6-3-2-4-7-19;2*1-34-22-9-5-8-20(15-22)25-16-28-27(35-25)30-23(14-18-10-12-21(13-11-18)31(32)33)24-17-36-26(29-24)19-6-3-2-4-7-19;22-21(23)15-8-6-13(7-9-15)10-16(19-12-24)17-11-25-18(20-17)14-4-2-1-3-5-14/h2-13,15-17,23,31H,14H2,1H3,(H,28,30)(H,32,33,34);2*2-13,15-17,23H,14H2,1H3,(H,28,30);1-9,11,16H,10H2/t3*23-;16-/m0000/s1. The molecule has 30 nitrogen and oxygen atoms in total. The third kappa shape index (κ3) is 26.1. The number of anilines is 4. The quantitative estimate of drug-likeness (QED) is 0.00822. The van der Waals surface area contributed by atoms with Crippen LogP contribution in [-0.4, -0.2) is 89.1 Å². The minimum absolute atomic E-state index is 0.0545. The molecule has 678 valence electrons. The number of hydrogen-bond acceptors (Lipinski definition) is 30. The number of nitro benzene ring substituents is 3. The lowest BCUT2D eigenvalue weighted by Crippen LogP contribution is -2.15. The van der Waals surface area contributed by atoms with Gasteiger partial charge in [-0.2, -0.15) is 8.42 Å². The van der Waals surface area contributed by atoms with Crippen molar-refractivity contribution in [1.29, 1.82) is 0 Å². The molecule has 0 aliphatic rings. The molecule has 18 aromatic rings. The van der Waals surface area contributed by atoms with Crippen LogP contribution in [0.5, 0.6) is 17.2 Å². The van der Waals surface area contributed by atoms with Crippen LogP contribution in [0.3, 0.4) is 0 Å². The van der Waals surface area contributed by atoms with Crippen molar-refractivity contribution in [3.63, 3.8) is 0 Å². The van der Waals surface area contributed by atoms with Gasteiger partial charge in [0.05, 0.1) is 106 Å². The van der Waals surface area contributed by atoms with Crippen LogP contribution in [0, 0.1) is 30.3 Å². The fraction of sp³-hybridized carbons (Fsp3) is 0.111. The molecular weight excluding hydrogens is 1830 g/mol. The zero-order valence-corrected chi connectivity index (χ0v) is 76.8. The molecule has 11 aromatic carbocycles. The van der Waals surface area contributed by atoms with Crippen LogP contribution in [-0.2, 0) is 36.0 Å². The molecule has 7 aromatic heterocycles. The van der Waals surface area contributed by atoms with Crippen LogP contribution < -0.4 is 34.9 Å². The zero-order valence-electron chi connectivity index (χ0n) is 71.9. The molecule has 0 saturated carbocycles. The molecule has 0 aliphatic carbocycles. The first kappa shape index (κ1) is 93.7. The number of nitrogens with one attached hydrogen (secondary N) is 4. The maximum Gasteiger partial charge on any atom is 0.357 e. The highest BCUT2D eigenvalue weighted by atomic mass is 32.2. The maximum absolute atomic E-state index is 11.1. The molecule has 4 atom stereocenters. The Morgan fingerprint density at radius 3 is 0.941 bits per heavy atom. The van der Waals surface area contributed by atoms with Crippen LogP contribution in [0.2, 0.25) is 0 Å². The lowest BCUT2D eigenvalue weighted by molar-refractivity contribution is -0.385. The highest BCUT2D eigenvalue weighted by Gasteiger charge is 2.26. The number of aliphatic imine (C=N–C) groups is 1. The van der Waals surface area contributed by atoms with Crippen molar-refractivity contribution >= 4 is 114 Å². The van der Waals surface area contributed by atoms with E-state index in [2.05, 4.69) is 46.0 Å². The minimum atomic E-state index is -4.34.